The van der Waals surface area contributed by atoms with Crippen molar-refractivity contribution >= 4 is 50.9 Å². The van der Waals surface area contributed by atoms with Crippen LogP contribution in [0.1, 0.15) is 56.8 Å². The summed E-state index contributed by atoms with van der Waals surface area (Å²) in [7, 11) is 0. The molecule has 2 aliphatic rings. The Morgan fingerprint density at radius 2 is 1.38 bits per heavy atom. The molecule has 2 aromatic rings. The first kappa shape index (κ1) is 26.9. The first-order valence-electron chi connectivity index (χ1n) is 12.6. The number of hydrogen-bond acceptors (Lipinski definition) is 4. The van der Waals surface area contributed by atoms with Crippen molar-refractivity contribution in [2.24, 2.45) is 5.41 Å². The number of halogens is 1. The molecule has 0 aliphatic carbocycles. The summed E-state index contributed by atoms with van der Waals surface area (Å²) in [6.45, 7) is 6.52. The predicted molar refractivity (Wildman–Crippen MR) is 146 cm³/mol. The summed E-state index contributed by atoms with van der Waals surface area (Å²) in [5.74, 6) is -0.914. The van der Waals surface area contributed by atoms with E-state index in [0.29, 0.717) is 49.3 Å². The molecule has 2 atom stereocenters. The van der Waals surface area contributed by atoms with Crippen molar-refractivity contribution in [3.05, 3.63) is 58.6 Å². The molecule has 0 bridgehead atoms. The van der Waals surface area contributed by atoms with Gasteiger partial charge in [-0.05, 0) is 62.1 Å². The van der Waals surface area contributed by atoms with Gasteiger partial charge in [-0.25, -0.2) is 0 Å². The fraction of sp³-hybridized carbons (Fsp3) is 0.429. The average Bonchev–Trinajstić information content (AvgIpc) is 3.54. The SMILES string of the molecule is CC(C)(C)C(=O)N1CCC[C@@H]1C(=O)Nc1ccccc1C(=O)N1CCC[C@H]1C(=O)Nc1ccc(Br)cc1. The van der Waals surface area contributed by atoms with Gasteiger partial charge < -0.3 is 20.4 Å². The highest BCUT2D eigenvalue weighted by Gasteiger charge is 2.39. The maximum absolute atomic E-state index is 13.6. The second-order valence-corrected chi connectivity index (χ2v) is 11.5. The number of nitrogens with one attached hydrogen (secondary N) is 2. The lowest BCUT2D eigenvalue weighted by Crippen LogP contribution is -2.47. The molecule has 2 aromatic carbocycles. The summed E-state index contributed by atoms with van der Waals surface area (Å²) in [6.07, 6.45) is 2.61. The Bertz CT molecular complexity index is 1190. The summed E-state index contributed by atoms with van der Waals surface area (Å²) in [6, 6.07) is 12.9. The largest absolute Gasteiger partial charge is 0.330 e. The molecule has 0 spiro atoms. The maximum atomic E-state index is 13.6. The molecule has 2 saturated heterocycles. The van der Waals surface area contributed by atoms with E-state index in [-0.39, 0.29) is 23.6 Å². The third-order valence-corrected chi connectivity index (χ3v) is 7.33. The minimum atomic E-state index is -0.602. The molecular formula is C28H33BrN4O4. The predicted octanol–water partition coefficient (Wildman–Crippen LogP) is 4.67. The Balaban J connectivity index is 1.49. The van der Waals surface area contributed by atoms with E-state index in [1.165, 1.54) is 0 Å². The van der Waals surface area contributed by atoms with Crippen LogP contribution in [0.3, 0.4) is 0 Å². The van der Waals surface area contributed by atoms with Gasteiger partial charge in [-0.2, -0.15) is 0 Å². The van der Waals surface area contributed by atoms with Crippen molar-refractivity contribution in [2.45, 2.75) is 58.5 Å². The molecule has 0 unspecified atom stereocenters. The zero-order valence-electron chi connectivity index (χ0n) is 21.4. The van der Waals surface area contributed by atoms with E-state index < -0.39 is 17.5 Å². The molecule has 4 rings (SSSR count). The van der Waals surface area contributed by atoms with Crippen LogP contribution in [0.4, 0.5) is 11.4 Å². The number of nitrogens with zero attached hydrogens (tertiary/aromatic N) is 2. The van der Waals surface area contributed by atoms with E-state index in [1.807, 2.05) is 32.9 Å². The molecular weight excluding hydrogens is 536 g/mol. The molecule has 4 amide bonds. The topological polar surface area (TPSA) is 98.8 Å². The van der Waals surface area contributed by atoms with Crippen molar-refractivity contribution in [3.63, 3.8) is 0 Å². The van der Waals surface area contributed by atoms with Gasteiger partial charge in [-0.15, -0.1) is 0 Å². The van der Waals surface area contributed by atoms with Crippen molar-refractivity contribution in [1.82, 2.24) is 9.80 Å². The molecule has 8 nitrogen and oxygen atoms in total. The second kappa shape index (κ2) is 11.0. The van der Waals surface area contributed by atoms with Crippen LogP contribution in [0.2, 0.25) is 0 Å². The third kappa shape index (κ3) is 6.04. The van der Waals surface area contributed by atoms with Crippen LogP contribution in [0.5, 0.6) is 0 Å². The maximum Gasteiger partial charge on any atom is 0.256 e. The van der Waals surface area contributed by atoms with Crippen LogP contribution in [0.15, 0.2) is 53.0 Å². The zero-order chi connectivity index (χ0) is 26.7. The Kier molecular flexibility index (Phi) is 8.02. The number of benzene rings is 2. The van der Waals surface area contributed by atoms with E-state index in [1.54, 1.807) is 46.2 Å². The number of rotatable bonds is 5. The summed E-state index contributed by atoms with van der Waals surface area (Å²) in [4.78, 5) is 56.0. The number of carbonyl (C=O) groups is 4. The first-order valence-corrected chi connectivity index (χ1v) is 13.4. The Hall–Kier alpha value is -3.20. The van der Waals surface area contributed by atoms with Crippen LogP contribution < -0.4 is 10.6 Å². The summed E-state index contributed by atoms with van der Waals surface area (Å²) >= 11 is 3.38. The van der Waals surface area contributed by atoms with Gasteiger partial charge in [0.25, 0.3) is 5.91 Å². The van der Waals surface area contributed by atoms with E-state index in [4.69, 9.17) is 0 Å². The summed E-state index contributed by atoms with van der Waals surface area (Å²) in [5, 5.41) is 5.79. The molecule has 196 valence electrons. The van der Waals surface area contributed by atoms with Gasteiger partial charge >= 0.3 is 0 Å². The van der Waals surface area contributed by atoms with Crippen molar-refractivity contribution < 1.29 is 19.2 Å². The molecule has 2 N–H and O–H groups in total. The van der Waals surface area contributed by atoms with Gasteiger partial charge in [-0.1, -0.05) is 48.8 Å². The molecule has 0 saturated carbocycles. The fourth-order valence-corrected chi connectivity index (χ4v) is 5.17. The summed E-state index contributed by atoms with van der Waals surface area (Å²) < 4.78 is 0.908. The Morgan fingerprint density at radius 3 is 2.03 bits per heavy atom. The van der Waals surface area contributed by atoms with E-state index >= 15 is 0 Å². The standard InChI is InChI=1S/C28H33BrN4O4/c1-28(2,3)27(37)33-17-7-11-23(33)25(35)31-21-9-5-4-8-20(21)26(36)32-16-6-10-22(32)24(34)30-19-14-12-18(29)13-15-19/h4-5,8-9,12-15,22-23H,6-7,10-11,16-17H2,1-3H3,(H,30,34)(H,31,35)/t22-,23+/m0/s1. The van der Waals surface area contributed by atoms with Crippen LogP contribution in [0, 0.1) is 5.41 Å². The quantitative estimate of drug-likeness (QED) is 0.547. The van der Waals surface area contributed by atoms with Gasteiger partial charge in [0.1, 0.15) is 12.1 Å². The van der Waals surface area contributed by atoms with Gasteiger partial charge in [0.05, 0.1) is 11.3 Å². The molecule has 2 heterocycles. The normalized spacial score (nSPS) is 19.6. The number of carbonyl (C=O) groups excluding carboxylic acids is 4. The smallest absolute Gasteiger partial charge is 0.256 e. The average molecular weight is 570 g/mol. The van der Waals surface area contributed by atoms with Gasteiger partial charge in [0, 0.05) is 28.7 Å². The highest BCUT2D eigenvalue weighted by molar-refractivity contribution is 9.10. The van der Waals surface area contributed by atoms with E-state index in [0.717, 1.165) is 10.9 Å². The highest BCUT2D eigenvalue weighted by Crippen LogP contribution is 2.28. The molecule has 2 fully saturated rings. The molecule has 9 heteroatoms. The number of amides is 4. The van der Waals surface area contributed by atoms with Crippen LogP contribution in [0.25, 0.3) is 0 Å². The lowest BCUT2D eigenvalue weighted by Gasteiger charge is -2.30. The minimum Gasteiger partial charge on any atom is -0.330 e. The fourth-order valence-electron chi connectivity index (χ4n) is 4.90. The van der Waals surface area contributed by atoms with E-state index in [2.05, 4.69) is 26.6 Å². The first-order chi connectivity index (χ1) is 17.6. The lowest BCUT2D eigenvalue weighted by atomic mass is 9.94. The molecule has 2 aliphatic heterocycles. The third-order valence-electron chi connectivity index (χ3n) is 6.80. The van der Waals surface area contributed by atoms with Gasteiger partial charge in [0.2, 0.25) is 17.7 Å². The van der Waals surface area contributed by atoms with E-state index in [9.17, 15) is 19.2 Å². The van der Waals surface area contributed by atoms with Crippen molar-refractivity contribution in [1.29, 1.82) is 0 Å². The molecule has 0 aromatic heterocycles. The Labute approximate surface area is 225 Å². The van der Waals surface area contributed by atoms with Gasteiger partial charge in [-0.3, -0.25) is 19.2 Å². The minimum absolute atomic E-state index is 0.0637. The number of likely N-dealkylation sites (tertiary alicyclic amines) is 2. The summed E-state index contributed by atoms with van der Waals surface area (Å²) in [5.41, 5.74) is 0.779. The van der Waals surface area contributed by atoms with Crippen molar-refractivity contribution in [2.75, 3.05) is 23.7 Å². The monoisotopic (exact) mass is 568 g/mol. The number of para-hydroxylation sites is 1. The number of hydrogen-bond donors (Lipinski definition) is 2. The molecule has 0 radical (unpaired) electrons. The zero-order valence-corrected chi connectivity index (χ0v) is 23.0. The van der Waals surface area contributed by atoms with Crippen molar-refractivity contribution in [3.8, 4) is 0 Å². The number of anilines is 2. The highest BCUT2D eigenvalue weighted by atomic mass is 79.9. The van der Waals surface area contributed by atoms with Crippen LogP contribution in [-0.4, -0.2) is 58.6 Å². The van der Waals surface area contributed by atoms with Gasteiger partial charge in [0.15, 0.2) is 0 Å². The second-order valence-electron chi connectivity index (χ2n) is 10.6. The van der Waals surface area contributed by atoms with Crippen LogP contribution in [-0.2, 0) is 14.4 Å². The molecule has 37 heavy (non-hydrogen) atoms. The lowest BCUT2D eigenvalue weighted by molar-refractivity contribution is -0.143. The van der Waals surface area contributed by atoms with Crippen LogP contribution >= 0.6 is 15.9 Å². The Morgan fingerprint density at radius 1 is 0.811 bits per heavy atom.